The molecule has 80 valence electrons. The zero-order valence-electron chi connectivity index (χ0n) is 8.30. The van der Waals surface area contributed by atoms with Crippen molar-refractivity contribution in [1.82, 2.24) is 0 Å². The first kappa shape index (κ1) is 11.2. The number of aliphatic carboxylic acids is 2. The van der Waals surface area contributed by atoms with E-state index in [-0.39, 0.29) is 5.57 Å². The van der Waals surface area contributed by atoms with Gasteiger partial charge in [-0.05, 0) is 0 Å². The molecular weight excluding hydrogens is 196 g/mol. The number of rotatable bonds is 3. The Balaban J connectivity index is 3.16. The maximum atomic E-state index is 11.0. The summed E-state index contributed by atoms with van der Waals surface area (Å²) in [5, 5.41) is 17.7. The molecule has 0 aromatic rings. The van der Waals surface area contributed by atoms with Gasteiger partial charge in [0.1, 0.15) is 0 Å². The molecule has 0 aliphatic heterocycles. The van der Waals surface area contributed by atoms with Crippen LogP contribution in [-0.4, -0.2) is 22.2 Å². The summed E-state index contributed by atoms with van der Waals surface area (Å²) in [6, 6.07) is 0. The Morgan fingerprint density at radius 1 is 1.53 bits per heavy atom. The molecule has 0 heterocycles. The van der Waals surface area contributed by atoms with Gasteiger partial charge in [0.2, 0.25) is 0 Å². The van der Waals surface area contributed by atoms with Crippen LogP contribution >= 0.6 is 0 Å². The van der Waals surface area contributed by atoms with Crippen LogP contribution in [0, 0.1) is 11.3 Å². The monoisotopic (exact) mass is 208 g/mol. The molecule has 2 unspecified atom stereocenters. The molecule has 1 aliphatic carbocycles. The minimum atomic E-state index is -1.12. The molecular formula is C11H12O4. The third kappa shape index (κ3) is 1.98. The van der Waals surface area contributed by atoms with Crippen LogP contribution in [0.3, 0.4) is 0 Å². The summed E-state index contributed by atoms with van der Waals surface area (Å²) in [5.41, 5.74) is -0.730. The van der Waals surface area contributed by atoms with Crippen LogP contribution in [0.1, 0.15) is 6.92 Å². The first-order valence-electron chi connectivity index (χ1n) is 4.41. The third-order valence-electron chi connectivity index (χ3n) is 2.59. The van der Waals surface area contributed by atoms with E-state index >= 15 is 0 Å². The van der Waals surface area contributed by atoms with Crippen LogP contribution in [0.15, 0.2) is 36.5 Å². The van der Waals surface area contributed by atoms with E-state index in [0.717, 1.165) is 0 Å². The second-order valence-corrected chi connectivity index (χ2v) is 3.65. The molecule has 0 spiro atoms. The van der Waals surface area contributed by atoms with Gasteiger partial charge in [-0.2, -0.15) is 0 Å². The molecule has 0 aromatic heterocycles. The fraction of sp³-hybridized carbons (Fsp3) is 0.273. The Bertz CT molecular complexity index is 378. The normalized spacial score (nSPS) is 29.4. The molecule has 4 nitrogen and oxygen atoms in total. The van der Waals surface area contributed by atoms with Crippen LogP contribution in [0.25, 0.3) is 0 Å². The number of allylic oxidation sites excluding steroid dienone is 2. The molecule has 0 bridgehead atoms. The number of hydrogen-bond acceptors (Lipinski definition) is 2. The molecule has 0 fully saturated rings. The lowest BCUT2D eigenvalue weighted by Gasteiger charge is -2.29. The smallest absolute Gasteiger partial charge is 0.335 e. The van der Waals surface area contributed by atoms with E-state index in [2.05, 4.69) is 6.58 Å². The second-order valence-electron chi connectivity index (χ2n) is 3.65. The zero-order valence-corrected chi connectivity index (χ0v) is 8.30. The number of hydrogen-bond donors (Lipinski definition) is 2. The molecule has 15 heavy (non-hydrogen) atoms. The molecule has 1 rings (SSSR count). The maximum absolute atomic E-state index is 11.0. The average molecular weight is 208 g/mol. The molecule has 0 aromatic carbocycles. The Hall–Kier alpha value is -1.84. The van der Waals surface area contributed by atoms with Crippen molar-refractivity contribution in [3.05, 3.63) is 36.5 Å². The van der Waals surface area contributed by atoms with E-state index in [9.17, 15) is 9.59 Å². The highest BCUT2D eigenvalue weighted by Crippen LogP contribution is 2.36. The molecule has 0 saturated carbocycles. The molecule has 2 atom stereocenters. The van der Waals surface area contributed by atoms with Crippen LogP contribution in [-0.2, 0) is 9.59 Å². The van der Waals surface area contributed by atoms with Gasteiger partial charge in [0.05, 0.1) is 11.5 Å². The van der Waals surface area contributed by atoms with Crippen molar-refractivity contribution in [2.45, 2.75) is 6.92 Å². The van der Waals surface area contributed by atoms with E-state index in [1.807, 2.05) is 0 Å². The fourth-order valence-corrected chi connectivity index (χ4v) is 1.46. The van der Waals surface area contributed by atoms with Gasteiger partial charge in [-0.25, -0.2) is 4.79 Å². The van der Waals surface area contributed by atoms with Crippen molar-refractivity contribution in [2.75, 3.05) is 0 Å². The van der Waals surface area contributed by atoms with Crippen molar-refractivity contribution in [3.63, 3.8) is 0 Å². The minimum Gasteiger partial charge on any atom is -0.481 e. The molecule has 1 aliphatic rings. The van der Waals surface area contributed by atoms with E-state index in [1.165, 1.54) is 18.2 Å². The lowest BCUT2D eigenvalue weighted by molar-refractivity contribution is -0.142. The number of carbonyl (C=O) groups is 2. The van der Waals surface area contributed by atoms with Gasteiger partial charge in [-0.1, -0.05) is 31.2 Å². The van der Waals surface area contributed by atoms with Crippen molar-refractivity contribution in [3.8, 4) is 0 Å². The van der Waals surface area contributed by atoms with E-state index in [4.69, 9.17) is 10.2 Å². The molecule has 2 N–H and O–H groups in total. The fourth-order valence-electron chi connectivity index (χ4n) is 1.46. The van der Waals surface area contributed by atoms with Gasteiger partial charge in [-0.3, -0.25) is 4.79 Å². The van der Waals surface area contributed by atoms with Gasteiger partial charge in [0, 0.05) is 5.41 Å². The lowest BCUT2D eigenvalue weighted by Crippen LogP contribution is -2.31. The summed E-state index contributed by atoms with van der Waals surface area (Å²) >= 11 is 0. The SMILES string of the molecule is C=CC1(C)C=CC(C(=O)O)=CC1C(=O)O. The van der Waals surface area contributed by atoms with E-state index in [1.54, 1.807) is 13.0 Å². The molecule has 4 heteroatoms. The Morgan fingerprint density at radius 3 is 2.53 bits per heavy atom. The van der Waals surface area contributed by atoms with Gasteiger partial charge in [-0.15, -0.1) is 6.58 Å². The van der Waals surface area contributed by atoms with Crippen molar-refractivity contribution < 1.29 is 19.8 Å². The lowest BCUT2D eigenvalue weighted by atomic mass is 9.73. The largest absolute Gasteiger partial charge is 0.481 e. The standard InChI is InChI=1S/C11H12O4/c1-3-11(2)5-4-7(9(12)13)6-8(11)10(14)15/h3-6,8H,1H2,2H3,(H,12,13)(H,14,15). The topological polar surface area (TPSA) is 74.6 Å². The first-order chi connectivity index (χ1) is 6.90. The van der Waals surface area contributed by atoms with Crippen LogP contribution in [0.4, 0.5) is 0 Å². The van der Waals surface area contributed by atoms with Gasteiger partial charge < -0.3 is 10.2 Å². The quantitative estimate of drug-likeness (QED) is 0.688. The molecule has 0 saturated heterocycles. The minimum absolute atomic E-state index is 0.00160. The predicted octanol–water partition coefficient (Wildman–Crippen LogP) is 1.46. The van der Waals surface area contributed by atoms with Gasteiger partial charge in [0.25, 0.3) is 0 Å². The van der Waals surface area contributed by atoms with Crippen LogP contribution in [0.5, 0.6) is 0 Å². The summed E-state index contributed by atoms with van der Waals surface area (Å²) in [4.78, 5) is 21.7. The molecule has 0 radical (unpaired) electrons. The number of carboxylic acid groups (broad SMARTS) is 2. The Morgan fingerprint density at radius 2 is 2.13 bits per heavy atom. The highest BCUT2D eigenvalue weighted by molar-refractivity contribution is 5.92. The third-order valence-corrected chi connectivity index (χ3v) is 2.59. The summed E-state index contributed by atoms with van der Waals surface area (Å²) < 4.78 is 0. The van der Waals surface area contributed by atoms with Crippen LogP contribution in [0.2, 0.25) is 0 Å². The highest BCUT2D eigenvalue weighted by atomic mass is 16.4. The van der Waals surface area contributed by atoms with Crippen LogP contribution < -0.4 is 0 Å². The Labute approximate surface area is 87.2 Å². The van der Waals surface area contributed by atoms with Gasteiger partial charge in [0.15, 0.2) is 0 Å². The maximum Gasteiger partial charge on any atom is 0.335 e. The summed E-state index contributed by atoms with van der Waals surface area (Å²) in [7, 11) is 0. The van der Waals surface area contributed by atoms with Gasteiger partial charge >= 0.3 is 11.9 Å². The van der Waals surface area contributed by atoms with Crippen molar-refractivity contribution in [1.29, 1.82) is 0 Å². The van der Waals surface area contributed by atoms with Crippen molar-refractivity contribution >= 4 is 11.9 Å². The zero-order chi connectivity index (χ0) is 11.6. The Kier molecular flexibility index (Phi) is 2.79. The highest BCUT2D eigenvalue weighted by Gasteiger charge is 2.36. The summed E-state index contributed by atoms with van der Waals surface area (Å²) in [5.74, 6) is -3.06. The van der Waals surface area contributed by atoms with E-state index < -0.39 is 23.3 Å². The van der Waals surface area contributed by atoms with Crippen molar-refractivity contribution in [2.24, 2.45) is 11.3 Å². The second kappa shape index (κ2) is 3.73. The number of carboxylic acids is 2. The predicted molar refractivity (Wildman–Crippen MR) is 54.3 cm³/mol. The summed E-state index contributed by atoms with van der Waals surface area (Å²) in [6.45, 7) is 5.27. The molecule has 0 amide bonds. The summed E-state index contributed by atoms with van der Waals surface area (Å²) in [6.07, 6.45) is 5.72. The van der Waals surface area contributed by atoms with E-state index in [0.29, 0.717) is 0 Å². The average Bonchev–Trinajstić information content (AvgIpc) is 2.17. The first-order valence-corrected chi connectivity index (χ1v) is 4.41.